The number of rotatable bonds is 7. The van der Waals surface area contributed by atoms with Gasteiger partial charge in [-0.2, -0.15) is 0 Å². The van der Waals surface area contributed by atoms with Gasteiger partial charge in [0, 0.05) is 54.9 Å². The fourth-order valence-corrected chi connectivity index (χ4v) is 4.56. The largest absolute Gasteiger partial charge is 0.480 e. The van der Waals surface area contributed by atoms with E-state index >= 15 is 0 Å². The quantitative estimate of drug-likeness (QED) is 0.562. The first kappa shape index (κ1) is 22.3. The second-order valence-corrected chi connectivity index (χ2v) is 8.39. The van der Waals surface area contributed by atoms with Crippen LogP contribution < -0.4 is 0 Å². The number of hydrogen-bond donors (Lipinski definition) is 2. The number of piperazine rings is 1. The molecule has 7 nitrogen and oxygen atoms in total. The standard InChI is InChI=1S/C23H23ClFN3O4/c24-16-3-1-2-15(10-16)12-26-6-8-27(9-7-26)22(23(31)32)19-13-28(14-21(29)30)20-11-17(25)4-5-18(19)20/h1-5,10-11,13,22H,6-9,12,14H2,(H,29,30)(H,31,32). The van der Waals surface area contributed by atoms with E-state index in [0.717, 1.165) is 12.1 Å². The average Bonchev–Trinajstić information content (AvgIpc) is 3.06. The maximum Gasteiger partial charge on any atom is 0.325 e. The van der Waals surface area contributed by atoms with E-state index in [2.05, 4.69) is 4.90 Å². The Labute approximate surface area is 189 Å². The Hall–Kier alpha value is -2.94. The smallest absolute Gasteiger partial charge is 0.325 e. The Morgan fingerprint density at radius 1 is 1.06 bits per heavy atom. The van der Waals surface area contributed by atoms with Crippen LogP contribution in [0.1, 0.15) is 17.2 Å². The molecule has 1 aromatic heterocycles. The van der Waals surface area contributed by atoms with Crippen LogP contribution >= 0.6 is 11.6 Å². The topological polar surface area (TPSA) is 86.0 Å². The average molecular weight is 460 g/mol. The molecule has 0 amide bonds. The van der Waals surface area contributed by atoms with Gasteiger partial charge in [0.25, 0.3) is 0 Å². The lowest BCUT2D eigenvalue weighted by molar-refractivity contribution is -0.144. The third-order valence-electron chi connectivity index (χ3n) is 5.78. The minimum absolute atomic E-state index is 0.369. The lowest BCUT2D eigenvalue weighted by atomic mass is 10.0. The minimum Gasteiger partial charge on any atom is -0.480 e. The van der Waals surface area contributed by atoms with E-state index in [1.165, 1.54) is 29.0 Å². The summed E-state index contributed by atoms with van der Waals surface area (Å²) in [4.78, 5) is 27.7. The van der Waals surface area contributed by atoms with Gasteiger partial charge in [0.15, 0.2) is 0 Å². The van der Waals surface area contributed by atoms with E-state index in [1.807, 2.05) is 29.2 Å². The first-order valence-corrected chi connectivity index (χ1v) is 10.6. The van der Waals surface area contributed by atoms with Crippen molar-refractivity contribution in [3.05, 3.63) is 70.6 Å². The first-order chi connectivity index (χ1) is 15.3. The van der Waals surface area contributed by atoms with Gasteiger partial charge < -0.3 is 14.8 Å². The molecule has 0 saturated carbocycles. The van der Waals surface area contributed by atoms with Crippen LogP contribution in [0.4, 0.5) is 4.39 Å². The van der Waals surface area contributed by atoms with Gasteiger partial charge in [-0.1, -0.05) is 23.7 Å². The number of aromatic nitrogens is 1. The molecule has 0 bridgehead atoms. The Balaban J connectivity index is 1.56. The minimum atomic E-state index is -1.08. The Morgan fingerprint density at radius 2 is 1.81 bits per heavy atom. The summed E-state index contributed by atoms with van der Waals surface area (Å²) < 4.78 is 15.2. The zero-order valence-electron chi connectivity index (χ0n) is 17.2. The molecule has 2 N–H and O–H groups in total. The van der Waals surface area contributed by atoms with Crippen molar-refractivity contribution < 1.29 is 24.2 Å². The Kier molecular flexibility index (Phi) is 6.45. The van der Waals surface area contributed by atoms with Gasteiger partial charge in [-0.25, -0.2) is 4.39 Å². The number of aliphatic carboxylic acids is 2. The lowest BCUT2D eigenvalue weighted by Gasteiger charge is -2.37. The van der Waals surface area contributed by atoms with E-state index in [4.69, 9.17) is 11.6 Å². The maximum atomic E-state index is 13.8. The van der Waals surface area contributed by atoms with Crippen LogP contribution in [0.2, 0.25) is 5.02 Å². The highest BCUT2D eigenvalue weighted by Gasteiger charge is 2.33. The van der Waals surface area contributed by atoms with E-state index in [0.29, 0.717) is 47.7 Å². The maximum absolute atomic E-state index is 13.8. The van der Waals surface area contributed by atoms with Crippen molar-refractivity contribution in [2.24, 2.45) is 0 Å². The fraction of sp³-hybridized carbons (Fsp3) is 0.304. The molecule has 0 spiro atoms. The number of carbonyl (C=O) groups is 2. The molecular formula is C23H23ClFN3O4. The number of halogens is 2. The number of nitrogens with zero attached hydrogens (tertiary/aromatic N) is 3. The Morgan fingerprint density at radius 3 is 2.47 bits per heavy atom. The van der Waals surface area contributed by atoms with Crippen LogP contribution in [0.3, 0.4) is 0 Å². The Bertz CT molecular complexity index is 1160. The highest BCUT2D eigenvalue weighted by atomic mass is 35.5. The molecule has 1 atom stereocenters. The molecule has 4 rings (SSSR count). The van der Waals surface area contributed by atoms with Gasteiger partial charge in [0.1, 0.15) is 18.4 Å². The first-order valence-electron chi connectivity index (χ1n) is 10.3. The summed E-state index contributed by atoms with van der Waals surface area (Å²) in [7, 11) is 0. The van der Waals surface area contributed by atoms with Crippen molar-refractivity contribution in [1.82, 2.24) is 14.4 Å². The summed E-state index contributed by atoms with van der Waals surface area (Å²) in [5.74, 6) is -2.61. The SMILES string of the molecule is O=C(O)Cn1cc(C(C(=O)O)N2CCN(Cc3cccc(Cl)c3)CC2)c2ccc(F)cc21. The van der Waals surface area contributed by atoms with Gasteiger partial charge in [-0.15, -0.1) is 0 Å². The van der Waals surface area contributed by atoms with Crippen LogP contribution in [0, 0.1) is 5.82 Å². The number of benzene rings is 2. The molecule has 168 valence electrons. The molecule has 9 heteroatoms. The molecule has 0 aliphatic carbocycles. The highest BCUT2D eigenvalue weighted by molar-refractivity contribution is 6.30. The summed E-state index contributed by atoms with van der Waals surface area (Å²) in [6, 6.07) is 10.7. The van der Waals surface area contributed by atoms with Gasteiger partial charge >= 0.3 is 11.9 Å². The molecule has 2 heterocycles. The van der Waals surface area contributed by atoms with Crippen molar-refractivity contribution in [3.63, 3.8) is 0 Å². The third-order valence-corrected chi connectivity index (χ3v) is 6.01. The van der Waals surface area contributed by atoms with Crippen molar-refractivity contribution in [3.8, 4) is 0 Å². The zero-order chi connectivity index (χ0) is 22.8. The van der Waals surface area contributed by atoms with Crippen LogP contribution in [0.15, 0.2) is 48.7 Å². The van der Waals surface area contributed by atoms with E-state index in [1.54, 1.807) is 0 Å². The summed E-state index contributed by atoms with van der Waals surface area (Å²) in [6.45, 7) is 2.77. The van der Waals surface area contributed by atoms with Crippen LogP contribution in [-0.2, 0) is 22.7 Å². The summed E-state index contributed by atoms with van der Waals surface area (Å²) in [5.41, 5.74) is 1.93. The zero-order valence-corrected chi connectivity index (χ0v) is 18.0. The third kappa shape index (κ3) is 4.77. The van der Waals surface area contributed by atoms with Crippen LogP contribution in [0.5, 0.6) is 0 Å². The second kappa shape index (κ2) is 9.28. The van der Waals surface area contributed by atoms with Gasteiger partial charge in [-0.05, 0) is 35.9 Å². The normalized spacial score (nSPS) is 16.3. The number of hydrogen-bond acceptors (Lipinski definition) is 4. The van der Waals surface area contributed by atoms with E-state index in [9.17, 15) is 24.2 Å². The molecule has 1 saturated heterocycles. The fourth-order valence-electron chi connectivity index (χ4n) is 4.35. The molecule has 32 heavy (non-hydrogen) atoms. The monoisotopic (exact) mass is 459 g/mol. The van der Waals surface area contributed by atoms with Crippen molar-refractivity contribution in [1.29, 1.82) is 0 Å². The van der Waals surface area contributed by atoms with E-state index in [-0.39, 0.29) is 6.54 Å². The summed E-state index contributed by atoms with van der Waals surface area (Å²) in [5, 5.41) is 20.5. The molecule has 2 aromatic carbocycles. The van der Waals surface area contributed by atoms with Crippen molar-refractivity contribution in [2.45, 2.75) is 19.1 Å². The predicted molar refractivity (Wildman–Crippen MR) is 118 cm³/mol. The van der Waals surface area contributed by atoms with Gasteiger partial charge in [-0.3, -0.25) is 19.4 Å². The second-order valence-electron chi connectivity index (χ2n) is 7.95. The van der Waals surface area contributed by atoms with Crippen LogP contribution in [-0.4, -0.2) is 62.7 Å². The van der Waals surface area contributed by atoms with Gasteiger partial charge in [0.05, 0.1) is 5.52 Å². The molecule has 1 fully saturated rings. The summed E-state index contributed by atoms with van der Waals surface area (Å²) >= 11 is 6.07. The van der Waals surface area contributed by atoms with Crippen LogP contribution in [0.25, 0.3) is 10.9 Å². The molecule has 3 aromatic rings. The van der Waals surface area contributed by atoms with Crippen molar-refractivity contribution in [2.75, 3.05) is 26.2 Å². The molecular weight excluding hydrogens is 437 g/mol. The summed E-state index contributed by atoms with van der Waals surface area (Å²) in [6.07, 6.45) is 1.52. The van der Waals surface area contributed by atoms with Crippen molar-refractivity contribution >= 4 is 34.4 Å². The molecule has 1 aliphatic rings. The lowest BCUT2D eigenvalue weighted by Crippen LogP contribution is -2.48. The number of fused-ring (bicyclic) bond motifs is 1. The van der Waals surface area contributed by atoms with E-state index < -0.39 is 23.8 Å². The molecule has 0 radical (unpaired) electrons. The molecule has 1 aliphatic heterocycles. The number of carboxylic acid groups (broad SMARTS) is 2. The number of carboxylic acids is 2. The molecule has 1 unspecified atom stereocenters. The highest BCUT2D eigenvalue weighted by Crippen LogP contribution is 2.32. The predicted octanol–water partition coefficient (Wildman–Crippen LogP) is 3.46. The van der Waals surface area contributed by atoms with Gasteiger partial charge in [0.2, 0.25) is 0 Å².